The van der Waals surface area contributed by atoms with Gasteiger partial charge in [0.05, 0.1) is 25.0 Å². The number of rotatable bonds is 34. The second kappa shape index (κ2) is 38.2. The zero-order chi connectivity index (χ0) is 44.6. The molecule has 8 heteroatoms. The molecule has 0 N–H and O–H groups in total. The molecule has 2 aliphatic rings. The maximum atomic E-state index is 12.7. The molecule has 2 heterocycles. The molecule has 340 valence electrons. The number of allylic oxidation sites excluding steroid dienone is 8. The van der Waals surface area contributed by atoms with Crippen LogP contribution in [0.2, 0.25) is 0 Å². The summed E-state index contributed by atoms with van der Waals surface area (Å²) in [7, 11) is 0. The van der Waals surface area contributed by atoms with Gasteiger partial charge in [-0.1, -0.05) is 170 Å². The molecule has 2 aliphatic heterocycles. The Kier molecular flexibility index (Phi) is 33.1. The van der Waals surface area contributed by atoms with Crippen LogP contribution in [-0.2, 0) is 38.1 Å². The second-order valence-corrected chi connectivity index (χ2v) is 15.8. The highest BCUT2D eigenvalue weighted by Crippen LogP contribution is 2.27. The molecule has 0 spiro atoms. The number of esters is 3. The molecule has 0 aromatic rings. The van der Waals surface area contributed by atoms with Crippen LogP contribution in [0.5, 0.6) is 0 Å². The summed E-state index contributed by atoms with van der Waals surface area (Å²) in [5.74, 6) is 21.3. The first-order chi connectivity index (χ1) is 30.5. The van der Waals surface area contributed by atoms with Crippen molar-refractivity contribution in [3.05, 3.63) is 48.6 Å². The number of ether oxygens (including phenoxy) is 5. The van der Waals surface area contributed by atoms with Gasteiger partial charge in [-0.3, -0.25) is 14.4 Å². The number of hydrogen-bond donors (Lipinski definition) is 0. The van der Waals surface area contributed by atoms with Gasteiger partial charge in [0.25, 0.3) is 6.29 Å². The van der Waals surface area contributed by atoms with Crippen LogP contribution in [0.1, 0.15) is 188 Å². The van der Waals surface area contributed by atoms with Gasteiger partial charge in [0.1, 0.15) is 12.2 Å². The van der Waals surface area contributed by atoms with Gasteiger partial charge < -0.3 is 23.7 Å². The minimum Gasteiger partial charge on any atom is -0.458 e. The average molecular weight is 853 g/mol. The smallest absolute Gasteiger partial charge is 0.309 e. The van der Waals surface area contributed by atoms with Crippen molar-refractivity contribution in [1.29, 1.82) is 0 Å². The Hall–Kier alpha value is -4.47. The number of carbonyl (C=O) groups is 3. The van der Waals surface area contributed by atoms with Gasteiger partial charge >= 0.3 is 17.9 Å². The minimum absolute atomic E-state index is 0.0172. The van der Waals surface area contributed by atoms with Gasteiger partial charge in [0, 0.05) is 19.3 Å². The Morgan fingerprint density at radius 1 is 0.516 bits per heavy atom. The Labute approximate surface area is 375 Å². The van der Waals surface area contributed by atoms with Crippen molar-refractivity contribution >= 4 is 17.9 Å². The van der Waals surface area contributed by atoms with E-state index in [1.807, 2.05) is 0 Å². The van der Waals surface area contributed by atoms with Crippen molar-refractivity contribution in [1.82, 2.24) is 0 Å². The summed E-state index contributed by atoms with van der Waals surface area (Å²) in [6.07, 6.45) is 40.0. The summed E-state index contributed by atoms with van der Waals surface area (Å²) in [5, 5.41) is 0. The molecule has 5 atom stereocenters. The fourth-order valence-electron chi connectivity index (χ4n) is 6.41. The summed E-state index contributed by atoms with van der Waals surface area (Å²) in [6, 6.07) is 0. The van der Waals surface area contributed by atoms with Crippen molar-refractivity contribution < 1.29 is 38.1 Å². The lowest BCUT2D eigenvalue weighted by atomic mass is 10.0. The van der Waals surface area contributed by atoms with Crippen LogP contribution in [0.4, 0.5) is 0 Å². The Bertz CT molecular complexity index is 1620. The molecule has 0 aromatic carbocycles. The van der Waals surface area contributed by atoms with Crippen LogP contribution in [0.15, 0.2) is 48.6 Å². The third kappa shape index (κ3) is 32.3. The first kappa shape index (κ1) is 53.7. The van der Waals surface area contributed by atoms with E-state index in [9.17, 15) is 14.4 Å². The van der Waals surface area contributed by atoms with E-state index in [1.54, 1.807) is 0 Å². The molecule has 62 heavy (non-hydrogen) atoms. The highest BCUT2D eigenvalue weighted by molar-refractivity contribution is 5.72. The van der Waals surface area contributed by atoms with Crippen molar-refractivity contribution in [3.63, 3.8) is 0 Å². The fourth-order valence-corrected chi connectivity index (χ4v) is 6.41. The summed E-state index contributed by atoms with van der Waals surface area (Å²) in [5.41, 5.74) is 0. The van der Waals surface area contributed by atoms with E-state index < -0.39 is 30.8 Å². The maximum Gasteiger partial charge on any atom is 0.309 e. The first-order valence-corrected chi connectivity index (χ1v) is 23.9. The molecule has 8 nitrogen and oxygen atoms in total. The lowest BCUT2D eigenvalue weighted by Crippen LogP contribution is -2.30. The fraction of sp³-hybridized carbons (Fsp3) is 0.648. The third-order valence-electron chi connectivity index (χ3n) is 10.2. The summed E-state index contributed by atoms with van der Waals surface area (Å²) in [6.45, 7) is 6.07. The van der Waals surface area contributed by atoms with Crippen molar-refractivity contribution in [2.45, 2.75) is 218 Å². The molecular formula is C54H76O8. The van der Waals surface area contributed by atoms with Crippen molar-refractivity contribution in [2.24, 2.45) is 0 Å². The van der Waals surface area contributed by atoms with Crippen molar-refractivity contribution in [3.8, 4) is 47.4 Å². The summed E-state index contributed by atoms with van der Waals surface area (Å²) >= 11 is 0. The molecule has 0 radical (unpaired) electrons. The third-order valence-corrected chi connectivity index (χ3v) is 10.2. The Balaban J connectivity index is 1.71. The molecule has 0 bridgehead atoms. The highest BCUT2D eigenvalue weighted by Gasteiger charge is 2.37. The standard InChI is InChI=1S/C54H76O8/c1-4-7-10-13-16-17-18-19-20-21-24-27-37-44-52(56)61-54(62-53(57)45-38-31-29-35-42-50-48(60-50)40-33-26-23-15-12-9-6-3)46-58-51(55)43-36-30-28-34-41-49-47(59-49)39-32-25-22-14-11-8-5-2/h8-9,11-12,14-15,22-23,47-50,54H,4-7,10,13,16-21,24-27,32-33,36-40,43-46H2,1-3H3/b11-8-,12-9-,22-14-,23-15-/t47-,48-,49-,50-,54-/m1/s1. The normalized spacial score (nSPS) is 17.9. The predicted molar refractivity (Wildman–Crippen MR) is 249 cm³/mol. The molecule has 0 saturated carbocycles. The zero-order valence-electron chi connectivity index (χ0n) is 38.4. The molecular weight excluding hydrogens is 777 g/mol. The molecule has 2 saturated heterocycles. The quantitative estimate of drug-likeness (QED) is 0.0157. The molecule has 0 aliphatic carbocycles. The lowest BCUT2D eigenvalue weighted by Gasteiger charge is -2.18. The summed E-state index contributed by atoms with van der Waals surface area (Å²) in [4.78, 5) is 37.9. The Morgan fingerprint density at radius 2 is 0.952 bits per heavy atom. The number of hydrogen-bond acceptors (Lipinski definition) is 8. The van der Waals surface area contributed by atoms with Crippen molar-refractivity contribution in [2.75, 3.05) is 6.61 Å². The van der Waals surface area contributed by atoms with E-state index in [1.165, 1.54) is 57.8 Å². The number of unbranched alkanes of at least 4 members (excludes halogenated alkanes) is 14. The zero-order valence-corrected chi connectivity index (χ0v) is 38.4. The largest absolute Gasteiger partial charge is 0.458 e. The predicted octanol–water partition coefficient (Wildman–Crippen LogP) is 11.9. The molecule has 0 amide bonds. The van der Waals surface area contributed by atoms with E-state index in [0.29, 0.717) is 6.42 Å². The van der Waals surface area contributed by atoms with Gasteiger partial charge in [-0.25, -0.2) is 0 Å². The van der Waals surface area contributed by atoms with Gasteiger partial charge in [0.15, 0.2) is 6.61 Å². The first-order valence-electron chi connectivity index (χ1n) is 23.9. The highest BCUT2D eigenvalue weighted by atomic mass is 16.7. The van der Waals surface area contributed by atoms with Crippen LogP contribution in [0.25, 0.3) is 0 Å². The van der Waals surface area contributed by atoms with Gasteiger partial charge in [-0.15, -0.1) is 0 Å². The van der Waals surface area contributed by atoms with Crippen LogP contribution in [-0.4, -0.2) is 55.2 Å². The molecule has 0 unspecified atom stereocenters. The van der Waals surface area contributed by atoms with E-state index in [0.717, 1.165) is 70.6 Å². The van der Waals surface area contributed by atoms with Crippen LogP contribution in [0.3, 0.4) is 0 Å². The topological polar surface area (TPSA) is 104 Å². The Morgan fingerprint density at radius 3 is 1.44 bits per heavy atom. The number of epoxide rings is 2. The number of carbonyl (C=O) groups excluding carboxylic acids is 3. The van der Waals surface area contributed by atoms with E-state index >= 15 is 0 Å². The van der Waals surface area contributed by atoms with Crippen LogP contribution >= 0.6 is 0 Å². The van der Waals surface area contributed by atoms with Gasteiger partial charge in [-0.2, -0.15) is 0 Å². The summed E-state index contributed by atoms with van der Waals surface area (Å²) < 4.78 is 27.4. The average Bonchev–Trinajstić information content (AvgIpc) is 4.20. The van der Waals surface area contributed by atoms with Gasteiger partial charge in [-0.05, 0) is 81.5 Å². The SMILES string of the molecule is CC/C=C\C=C/CCC[C@H]1O[C@@H]1C#CC#CCCC(=O)OC[C@@H](OC(=O)CCC#CC#C[C@H]1O[C@@H]1CCC/C=C\C=C/CC)OC(=O)CCCCCCCCCCCCCCC. The van der Waals surface area contributed by atoms with E-state index in [2.05, 4.69) is 117 Å². The molecule has 2 fully saturated rings. The van der Waals surface area contributed by atoms with E-state index in [4.69, 9.17) is 23.7 Å². The lowest BCUT2D eigenvalue weighted by molar-refractivity contribution is -0.199. The molecule has 2 rings (SSSR count). The van der Waals surface area contributed by atoms with Gasteiger partial charge in [0.2, 0.25) is 0 Å². The van der Waals surface area contributed by atoms with Crippen LogP contribution < -0.4 is 0 Å². The molecule has 0 aromatic heterocycles. The minimum atomic E-state index is -1.35. The monoisotopic (exact) mass is 853 g/mol. The maximum absolute atomic E-state index is 12.7. The van der Waals surface area contributed by atoms with E-state index in [-0.39, 0.29) is 56.5 Å². The van der Waals surface area contributed by atoms with Crippen LogP contribution in [0, 0.1) is 47.4 Å². The second-order valence-electron chi connectivity index (χ2n) is 15.8.